The van der Waals surface area contributed by atoms with Crippen LogP contribution in [0.1, 0.15) is 29.0 Å². The van der Waals surface area contributed by atoms with Crippen molar-refractivity contribution in [3.8, 4) is 0 Å². The van der Waals surface area contributed by atoms with Gasteiger partial charge in [0, 0.05) is 27.7 Å². The maximum atomic E-state index is 12.2. The normalized spacial score (nSPS) is 24.6. The number of aromatic amines is 1. The van der Waals surface area contributed by atoms with Crippen LogP contribution in [0.2, 0.25) is 0 Å². The zero-order chi connectivity index (χ0) is 17.2. The number of anilines is 1. The lowest BCUT2D eigenvalue weighted by Gasteiger charge is -2.22. The third-order valence-electron chi connectivity index (χ3n) is 5.17. The molecule has 1 saturated carbocycles. The summed E-state index contributed by atoms with van der Waals surface area (Å²) >= 11 is 0. The molecule has 0 unspecified atom stereocenters. The highest BCUT2D eigenvalue weighted by atomic mass is 32.2. The van der Waals surface area contributed by atoms with Gasteiger partial charge in [-0.05, 0) is 32.3 Å². The Kier molecular flexibility index (Phi) is 3.14. The highest BCUT2D eigenvalue weighted by Crippen LogP contribution is 2.31. The van der Waals surface area contributed by atoms with Crippen LogP contribution in [0.4, 0.5) is 5.95 Å². The van der Waals surface area contributed by atoms with E-state index < -0.39 is 10.0 Å². The van der Waals surface area contributed by atoms with Crippen LogP contribution in [0.5, 0.6) is 0 Å². The van der Waals surface area contributed by atoms with Crippen molar-refractivity contribution in [2.24, 2.45) is 0 Å². The van der Waals surface area contributed by atoms with E-state index >= 15 is 0 Å². The lowest BCUT2D eigenvalue weighted by atomic mass is 10.2. The van der Waals surface area contributed by atoms with E-state index in [2.05, 4.69) is 35.9 Å². The summed E-state index contributed by atoms with van der Waals surface area (Å²) in [5, 5.41) is -0.185. The average molecular weight is 364 g/mol. The van der Waals surface area contributed by atoms with Gasteiger partial charge < -0.3 is 9.88 Å². The second-order valence-corrected chi connectivity index (χ2v) is 9.08. The van der Waals surface area contributed by atoms with E-state index in [1.165, 1.54) is 0 Å². The molecule has 5 rings (SSSR count). The van der Waals surface area contributed by atoms with Crippen LogP contribution in [0.25, 0.3) is 16.7 Å². The molecule has 1 aliphatic heterocycles. The molecule has 0 amide bonds. The molecule has 1 aliphatic carbocycles. The van der Waals surface area contributed by atoms with Gasteiger partial charge in [-0.2, -0.15) is 0 Å². The van der Waals surface area contributed by atoms with Crippen LogP contribution in [0.3, 0.4) is 0 Å². The first kappa shape index (κ1) is 15.2. The largest absolute Gasteiger partial charge is 0.345 e. The molecule has 2 fully saturated rings. The average Bonchev–Trinajstić information content (AvgIpc) is 3.03. The van der Waals surface area contributed by atoms with Gasteiger partial charge in [-0.15, -0.1) is 0 Å². The third-order valence-corrected chi connectivity index (χ3v) is 7.18. The van der Waals surface area contributed by atoms with E-state index in [9.17, 15) is 8.42 Å². The second kappa shape index (κ2) is 5.18. The summed E-state index contributed by atoms with van der Waals surface area (Å²) in [6.45, 7) is 2.74. The first-order valence-corrected chi connectivity index (χ1v) is 10.1. The van der Waals surface area contributed by atoms with Gasteiger partial charge in [-0.25, -0.2) is 23.1 Å². The fraction of sp³-hybridized carbons (Fsp3) is 0.500. The molecular weight excluding hydrogens is 340 g/mol. The van der Waals surface area contributed by atoms with Crippen LogP contribution in [-0.2, 0) is 10.0 Å². The Morgan fingerprint density at radius 3 is 2.92 bits per heavy atom. The Morgan fingerprint density at radius 2 is 2.12 bits per heavy atom. The Balaban J connectivity index is 0.00000105. The van der Waals surface area contributed by atoms with E-state index in [4.69, 9.17) is 0 Å². The molecule has 3 aromatic heterocycles. The van der Waals surface area contributed by atoms with Crippen molar-refractivity contribution in [1.29, 1.82) is 0 Å². The monoisotopic (exact) mass is 364 g/mol. The minimum atomic E-state index is -3.17. The van der Waals surface area contributed by atoms with Crippen LogP contribution in [-0.4, -0.2) is 51.6 Å². The van der Waals surface area contributed by atoms with Gasteiger partial charge in [-0.1, -0.05) is 0 Å². The van der Waals surface area contributed by atoms with Crippen molar-refractivity contribution in [3.63, 3.8) is 0 Å². The number of imidazole rings is 1. The first-order chi connectivity index (χ1) is 12.0. The molecule has 0 aromatic carbocycles. The van der Waals surface area contributed by atoms with Crippen molar-refractivity contribution in [2.45, 2.75) is 43.5 Å². The summed E-state index contributed by atoms with van der Waals surface area (Å²) in [7, 11) is -3.17. The molecule has 136 valence electrons. The number of sulfonamides is 1. The zero-order valence-electron chi connectivity index (χ0n) is 13.9. The van der Waals surface area contributed by atoms with Crippen LogP contribution in [0, 0.1) is 0 Å². The Hall–Kier alpha value is -2.13. The number of H-pyrrole nitrogens is 1. The molecule has 2 N–H and O–H groups in total. The van der Waals surface area contributed by atoms with E-state index in [-0.39, 0.29) is 20.2 Å². The summed E-state index contributed by atoms with van der Waals surface area (Å²) in [6, 6.07) is 2.12. The van der Waals surface area contributed by atoms with Crippen LogP contribution < -0.4 is 9.62 Å². The summed E-state index contributed by atoms with van der Waals surface area (Å²) < 4.78 is 29.4. The molecule has 8 nitrogen and oxygen atoms in total. The number of nitrogens with one attached hydrogen (secondary N) is 2. The lowest BCUT2D eigenvalue weighted by Crippen LogP contribution is -2.39. The number of hydrogen-bond acceptors (Lipinski definition) is 5. The van der Waals surface area contributed by atoms with Crippen molar-refractivity contribution >= 4 is 32.7 Å². The molecule has 0 spiro atoms. The summed E-state index contributed by atoms with van der Waals surface area (Å²) in [6.07, 6.45) is 7.81. The van der Waals surface area contributed by atoms with Gasteiger partial charge in [-0.3, -0.25) is 4.40 Å². The van der Waals surface area contributed by atoms with Crippen LogP contribution in [0.15, 0.2) is 24.7 Å². The quantitative estimate of drug-likeness (QED) is 0.735. The molecule has 1 saturated heterocycles. The summed E-state index contributed by atoms with van der Waals surface area (Å²) in [5.41, 5.74) is 2.71. The molecule has 2 atom stereocenters. The zero-order valence-corrected chi connectivity index (χ0v) is 14.7. The molecule has 4 heterocycles. The second-order valence-electron chi connectivity index (χ2n) is 7.08. The van der Waals surface area contributed by atoms with Crippen molar-refractivity contribution in [1.82, 2.24) is 24.1 Å². The molecular formula is C16H24N6O2S. The van der Waals surface area contributed by atoms with E-state index in [0.29, 0.717) is 6.54 Å². The summed E-state index contributed by atoms with van der Waals surface area (Å²) in [4.78, 5) is 14.3. The van der Waals surface area contributed by atoms with E-state index in [1.807, 2.05) is 18.5 Å². The predicted molar refractivity (Wildman–Crippen MR) is 99.4 cm³/mol. The van der Waals surface area contributed by atoms with Crippen molar-refractivity contribution in [2.75, 3.05) is 11.4 Å². The smallest absolute Gasteiger partial charge is 0.214 e. The summed E-state index contributed by atoms with van der Waals surface area (Å²) in [5.74, 6) is 0.836. The van der Waals surface area contributed by atoms with Gasteiger partial charge in [0.2, 0.25) is 16.0 Å². The molecule has 0 radical (unpaired) electrons. The van der Waals surface area contributed by atoms with Gasteiger partial charge in [0.1, 0.15) is 0 Å². The van der Waals surface area contributed by atoms with E-state index in [1.54, 1.807) is 6.20 Å². The lowest BCUT2D eigenvalue weighted by molar-refractivity contribution is 0.556. The van der Waals surface area contributed by atoms with Crippen molar-refractivity contribution < 1.29 is 11.3 Å². The van der Waals surface area contributed by atoms with Gasteiger partial charge >= 0.3 is 0 Å². The molecule has 0 bridgehead atoms. The third kappa shape index (κ3) is 2.41. The van der Waals surface area contributed by atoms with E-state index in [0.717, 1.165) is 41.9 Å². The standard InChI is InChI=1S/C16H20N6O2S.2H2/c1-10-6-11(20-25(23,24)13-2-3-13)9-21(10)16-19-8-12-7-18-15-14(22(12)16)4-5-17-15;;/h4-5,7-8,10-11,13,17,20H,2-3,6,9H2,1H3;2*1H/t10-,11+;;/m1../s1. The Morgan fingerprint density at radius 1 is 1.32 bits per heavy atom. The highest BCUT2D eigenvalue weighted by Gasteiger charge is 2.40. The highest BCUT2D eigenvalue weighted by molar-refractivity contribution is 7.90. The predicted octanol–water partition coefficient (Wildman–Crippen LogP) is 1.75. The minimum Gasteiger partial charge on any atom is -0.345 e. The fourth-order valence-electron chi connectivity index (χ4n) is 3.76. The SMILES string of the molecule is C[C@@H]1C[C@H](NS(=O)(=O)C2CC2)CN1c1ncc2cnc3[nH]ccc3n12.[HH].[HH]. The maximum Gasteiger partial charge on any atom is 0.214 e. The van der Waals surface area contributed by atoms with Gasteiger partial charge in [0.05, 0.1) is 28.7 Å². The number of nitrogens with zero attached hydrogens (tertiary/aromatic N) is 4. The molecule has 2 aliphatic rings. The fourth-order valence-corrected chi connectivity index (χ4v) is 5.35. The Labute approximate surface area is 148 Å². The molecule has 3 aromatic rings. The molecule has 25 heavy (non-hydrogen) atoms. The number of aromatic nitrogens is 4. The number of rotatable bonds is 4. The Bertz CT molecular complexity index is 1060. The van der Waals surface area contributed by atoms with Crippen LogP contribution >= 0.6 is 0 Å². The first-order valence-electron chi connectivity index (χ1n) is 8.60. The minimum absolute atomic E-state index is 0. The topological polar surface area (TPSA) is 95.4 Å². The van der Waals surface area contributed by atoms with Crippen molar-refractivity contribution in [3.05, 3.63) is 24.7 Å². The van der Waals surface area contributed by atoms with Gasteiger partial charge in [0.25, 0.3) is 0 Å². The molecule has 9 heteroatoms. The number of fused-ring (bicyclic) bond motifs is 3. The maximum absolute atomic E-state index is 12.2. The number of hydrogen-bond donors (Lipinski definition) is 2. The van der Waals surface area contributed by atoms with Gasteiger partial charge in [0.15, 0.2) is 5.65 Å².